The molecule has 1 aromatic rings. The number of carbonyl (C=O) groups is 1. The van der Waals surface area contributed by atoms with Crippen LogP contribution in [0.15, 0.2) is 29.3 Å². The van der Waals surface area contributed by atoms with E-state index in [0.717, 1.165) is 49.6 Å². The Morgan fingerprint density at radius 3 is 2.92 bits per heavy atom. The molecule has 8 heteroatoms. The normalized spacial score (nSPS) is 20.5. The van der Waals surface area contributed by atoms with Gasteiger partial charge in [-0.05, 0) is 30.5 Å². The number of aliphatic imine (C=N–C) groups is 1. The first-order valence-corrected chi connectivity index (χ1v) is 9.99. The number of amides is 1. The lowest BCUT2D eigenvalue weighted by Gasteiger charge is -2.27. The molecule has 0 aliphatic carbocycles. The summed E-state index contributed by atoms with van der Waals surface area (Å²) in [6.07, 6.45) is 2.24. The van der Waals surface area contributed by atoms with Crippen LogP contribution >= 0.6 is 35.7 Å². The van der Waals surface area contributed by atoms with E-state index >= 15 is 0 Å². The summed E-state index contributed by atoms with van der Waals surface area (Å²) in [5.41, 5.74) is 7.72. The molecule has 0 aromatic heterocycles. The minimum Gasteiger partial charge on any atom is -0.376 e. The maximum Gasteiger partial charge on any atom is 0.251 e. The first kappa shape index (κ1) is 21.3. The minimum absolute atomic E-state index is 0. The molecule has 0 bridgehead atoms. The van der Waals surface area contributed by atoms with Gasteiger partial charge in [0.05, 0.1) is 12.6 Å². The van der Waals surface area contributed by atoms with Gasteiger partial charge in [0, 0.05) is 43.3 Å². The molecule has 0 spiro atoms. The van der Waals surface area contributed by atoms with E-state index < -0.39 is 0 Å². The highest BCUT2D eigenvalue weighted by Crippen LogP contribution is 2.12. The van der Waals surface area contributed by atoms with Crippen molar-refractivity contribution in [1.29, 1.82) is 0 Å². The first-order valence-electron chi connectivity index (χ1n) is 8.84. The number of halogens is 1. The van der Waals surface area contributed by atoms with Crippen LogP contribution in [0, 0.1) is 0 Å². The van der Waals surface area contributed by atoms with Crippen LogP contribution in [-0.4, -0.2) is 60.6 Å². The van der Waals surface area contributed by atoms with Crippen molar-refractivity contribution in [3.05, 3.63) is 35.4 Å². The summed E-state index contributed by atoms with van der Waals surface area (Å²) in [5.74, 6) is 2.71. The third-order valence-electron chi connectivity index (χ3n) is 4.46. The molecule has 144 valence electrons. The van der Waals surface area contributed by atoms with Crippen molar-refractivity contribution >= 4 is 47.6 Å². The summed E-state index contributed by atoms with van der Waals surface area (Å²) in [6.45, 7) is 3.76. The van der Waals surface area contributed by atoms with Crippen LogP contribution in [0.4, 0.5) is 0 Å². The molecule has 0 saturated carbocycles. The van der Waals surface area contributed by atoms with Crippen molar-refractivity contribution in [1.82, 2.24) is 10.2 Å². The third kappa shape index (κ3) is 6.31. The second kappa shape index (κ2) is 11.0. The topological polar surface area (TPSA) is 79.9 Å². The quantitative estimate of drug-likeness (QED) is 0.376. The molecule has 2 aliphatic rings. The van der Waals surface area contributed by atoms with Crippen molar-refractivity contribution < 1.29 is 9.53 Å². The van der Waals surface area contributed by atoms with Gasteiger partial charge in [-0.2, -0.15) is 11.8 Å². The van der Waals surface area contributed by atoms with Gasteiger partial charge in [-0.25, -0.2) is 4.99 Å². The Balaban J connectivity index is 0.00000243. The van der Waals surface area contributed by atoms with E-state index in [0.29, 0.717) is 24.6 Å². The summed E-state index contributed by atoms with van der Waals surface area (Å²) in [7, 11) is 0. The molecular formula is C18H27IN4O2S. The predicted molar refractivity (Wildman–Crippen MR) is 117 cm³/mol. The Morgan fingerprint density at radius 2 is 2.19 bits per heavy atom. The number of guanidine groups is 1. The number of hydrogen-bond acceptors (Lipinski definition) is 4. The number of rotatable bonds is 5. The van der Waals surface area contributed by atoms with E-state index in [2.05, 4.69) is 15.2 Å². The molecule has 2 saturated heterocycles. The predicted octanol–water partition coefficient (Wildman–Crippen LogP) is 2.08. The number of benzene rings is 1. The molecule has 6 nitrogen and oxygen atoms in total. The van der Waals surface area contributed by atoms with E-state index in [-0.39, 0.29) is 36.0 Å². The van der Waals surface area contributed by atoms with Gasteiger partial charge in [-0.1, -0.05) is 12.1 Å². The summed E-state index contributed by atoms with van der Waals surface area (Å²) < 4.78 is 5.53. The van der Waals surface area contributed by atoms with Gasteiger partial charge in [-0.3, -0.25) is 4.79 Å². The molecule has 1 unspecified atom stereocenters. The van der Waals surface area contributed by atoms with Crippen molar-refractivity contribution in [3.8, 4) is 0 Å². The summed E-state index contributed by atoms with van der Waals surface area (Å²) >= 11 is 1.94. The van der Waals surface area contributed by atoms with Gasteiger partial charge >= 0.3 is 0 Å². The molecule has 1 amide bonds. The van der Waals surface area contributed by atoms with Crippen molar-refractivity contribution in [3.63, 3.8) is 0 Å². The van der Waals surface area contributed by atoms with Gasteiger partial charge in [0.15, 0.2) is 5.96 Å². The van der Waals surface area contributed by atoms with Gasteiger partial charge < -0.3 is 20.7 Å². The van der Waals surface area contributed by atoms with Gasteiger partial charge in [0.25, 0.3) is 5.91 Å². The minimum atomic E-state index is -0.0673. The van der Waals surface area contributed by atoms with E-state index in [1.54, 1.807) is 0 Å². The van der Waals surface area contributed by atoms with E-state index in [1.165, 1.54) is 0 Å². The van der Waals surface area contributed by atoms with Crippen LogP contribution in [0.1, 0.15) is 28.8 Å². The Bertz CT molecular complexity index is 617. The molecule has 1 atom stereocenters. The first-order chi connectivity index (χ1) is 12.2. The zero-order valence-corrected chi connectivity index (χ0v) is 18.0. The highest BCUT2D eigenvalue weighted by Gasteiger charge is 2.17. The fraction of sp³-hybridized carbons (Fsp3) is 0.556. The van der Waals surface area contributed by atoms with Crippen LogP contribution in [0.5, 0.6) is 0 Å². The number of nitrogens with two attached hydrogens (primary N) is 1. The number of nitrogens with zero attached hydrogens (tertiary/aromatic N) is 2. The van der Waals surface area contributed by atoms with Gasteiger partial charge in [0.1, 0.15) is 0 Å². The average Bonchev–Trinajstić information content (AvgIpc) is 3.19. The lowest BCUT2D eigenvalue weighted by Crippen LogP contribution is -2.42. The molecule has 2 heterocycles. The number of carbonyl (C=O) groups excluding carboxylic acids is 1. The van der Waals surface area contributed by atoms with Crippen molar-refractivity contribution in [2.75, 3.05) is 37.7 Å². The second-order valence-electron chi connectivity index (χ2n) is 6.32. The number of ether oxygens (including phenoxy) is 1. The Labute approximate surface area is 176 Å². The Kier molecular flexibility index (Phi) is 9.00. The monoisotopic (exact) mass is 490 g/mol. The maximum atomic E-state index is 12.3. The molecule has 2 fully saturated rings. The molecule has 2 aliphatic heterocycles. The molecular weight excluding hydrogens is 463 g/mol. The van der Waals surface area contributed by atoms with Gasteiger partial charge in [0.2, 0.25) is 0 Å². The number of thioether (sulfide) groups is 1. The lowest BCUT2D eigenvalue weighted by molar-refractivity contribution is 0.0857. The maximum absolute atomic E-state index is 12.3. The molecule has 0 radical (unpaired) electrons. The molecule has 3 rings (SSSR count). The van der Waals surface area contributed by atoms with Crippen LogP contribution in [0.3, 0.4) is 0 Å². The Hall–Kier alpha value is -1.000. The van der Waals surface area contributed by atoms with E-state index in [9.17, 15) is 4.79 Å². The SMILES string of the molecule is I.NC(=NCc1cccc(C(=O)NCC2CCCO2)c1)N1CCSCC1. The lowest BCUT2D eigenvalue weighted by atomic mass is 10.1. The number of nitrogens with one attached hydrogen (secondary N) is 1. The van der Waals surface area contributed by atoms with Gasteiger partial charge in [-0.15, -0.1) is 24.0 Å². The highest BCUT2D eigenvalue weighted by atomic mass is 127. The van der Waals surface area contributed by atoms with Crippen molar-refractivity contribution in [2.45, 2.75) is 25.5 Å². The Morgan fingerprint density at radius 1 is 1.38 bits per heavy atom. The largest absolute Gasteiger partial charge is 0.376 e. The zero-order valence-electron chi connectivity index (χ0n) is 14.9. The van der Waals surface area contributed by atoms with E-state index in [1.807, 2.05) is 36.0 Å². The van der Waals surface area contributed by atoms with Crippen molar-refractivity contribution in [2.24, 2.45) is 10.7 Å². The summed E-state index contributed by atoms with van der Waals surface area (Å²) in [6, 6.07) is 7.57. The smallest absolute Gasteiger partial charge is 0.251 e. The second-order valence-corrected chi connectivity index (χ2v) is 7.54. The third-order valence-corrected chi connectivity index (χ3v) is 5.40. The van der Waals surface area contributed by atoms with Crippen LogP contribution in [0.25, 0.3) is 0 Å². The zero-order chi connectivity index (χ0) is 17.5. The average molecular weight is 490 g/mol. The van der Waals surface area contributed by atoms with E-state index in [4.69, 9.17) is 10.5 Å². The fourth-order valence-corrected chi connectivity index (χ4v) is 3.89. The fourth-order valence-electron chi connectivity index (χ4n) is 2.99. The standard InChI is InChI=1S/C18H26N4O2S.HI/c19-18(22-6-9-25-10-7-22)21-12-14-3-1-4-15(11-14)17(23)20-13-16-5-2-8-24-16;/h1,3-4,11,16H,2,5-10,12-13H2,(H2,19,21)(H,20,23);1H. The summed E-state index contributed by atoms with van der Waals surface area (Å²) in [5, 5.41) is 2.95. The molecule has 3 N–H and O–H groups in total. The number of hydrogen-bond donors (Lipinski definition) is 2. The van der Waals surface area contributed by atoms with Crippen LogP contribution in [0.2, 0.25) is 0 Å². The highest BCUT2D eigenvalue weighted by molar-refractivity contribution is 14.0. The van der Waals surface area contributed by atoms with Crippen LogP contribution < -0.4 is 11.1 Å². The van der Waals surface area contributed by atoms with Crippen LogP contribution in [-0.2, 0) is 11.3 Å². The molecule has 26 heavy (non-hydrogen) atoms. The molecule has 1 aromatic carbocycles. The summed E-state index contributed by atoms with van der Waals surface area (Å²) in [4.78, 5) is 18.9.